The van der Waals surface area contributed by atoms with Gasteiger partial charge in [0, 0.05) is 20.0 Å². The van der Waals surface area contributed by atoms with Gasteiger partial charge in [0.1, 0.15) is 17.0 Å². The van der Waals surface area contributed by atoms with Crippen molar-refractivity contribution < 1.29 is 4.79 Å². The molecule has 0 saturated carbocycles. The first-order valence-electron chi connectivity index (χ1n) is 4.94. The van der Waals surface area contributed by atoms with Gasteiger partial charge in [-0.05, 0) is 11.4 Å². The van der Waals surface area contributed by atoms with Crippen LogP contribution in [0, 0.1) is 0 Å². The normalized spacial score (nSPS) is 10.3. The minimum Gasteiger partial charge on any atom is -0.368 e. The third kappa shape index (κ3) is 2.46. The van der Waals surface area contributed by atoms with E-state index in [4.69, 9.17) is 0 Å². The van der Waals surface area contributed by atoms with E-state index in [1.165, 1.54) is 6.92 Å². The van der Waals surface area contributed by atoms with Crippen LogP contribution in [-0.2, 0) is 4.79 Å². The molecule has 2 rings (SSSR count). The van der Waals surface area contributed by atoms with Gasteiger partial charge in [0.05, 0.1) is 5.39 Å². The fourth-order valence-corrected chi connectivity index (χ4v) is 2.08. The standard InChI is InChI=1S/C10H12N4OS/c1-7(15)11-3-4-12-9-8-2-5-16-10(8)14-6-13-9/h2,5-6H,3-4H2,1H3,(H,11,15)(H,12,13,14). The van der Waals surface area contributed by atoms with E-state index in [-0.39, 0.29) is 5.91 Å². The van der Waals surface area contributed by atoms with Crippen LogP contribution in [0.3, 0.4) is 0 Å². The van der Waals surface area contributed by atoms with Crippen molar-refractivity contribution in [1.29, 1.82) is 0 Å². The summed E-state index contributed by atoms with van der Waals surface area (Å²) >= 11 is 1.58. The number of hydrogen-bond donors (Lipinski definition) is 2. The number of nitrogens with one attached hydrogen (secondary N) is 2. The second-order valence-electron chi connectivity index (χ2n) is 3.27. The van der Waals surface area contributed by atoms with Gasteiger partial charge < -0.3 is 10.6 Å². The summed E-state index contributed by atoms with van der Waals surface area (Å²) in [6, 6.07) is 1.99. The van der Waals surface area contributed by atoms with Crippen LogP contribution in [0.5, 0.6) is 0 Å². The number of amides is 1. The molecule has 2 heterocycles. The van der Waals surface area contributed by atoms with E-state index >= 15 is 0 Å². The van der Waals surface area contributed by atoms with Crippen LogP contribution in [0.1, 0.15) is 6.92 Å². The summed E-state index contributed by atoms with van der Waals surface area (Å²) in [7, 11) is 0. The Labute approximate surface area is 96.9 Å². The minimum absolute atomic E-state index is 0.0230. The molecule has 5 nitrogen and oxygen atoms in total. The van der Waals surface area contributed by atoms with Crippen molar-refractivity contribution in [1.82, 2.24) is 15.3 Å². The molecule has 16 heavy (non-hydrogen) atoms. The maximum atomic E-state index is 10.7. The molecule has 2 aromatic heterocycles. The van der Waals surface area contributed by atoms with Crippen LogP contribution < -0.4 is 10.6 Å². The maximum Gasteiger partial charge on any atom is 0.216 e. The van der Waals surface area contributed by atoms with Gasteiger partial charge >= 0.3 is 0 Å². The van der Waals surface area contributed by atoms with Crippen LogP contribution >= 0.6 is 11.3 Å². The predicted molar refractivity (Wildman–Crippen MR) is 64.6 cm³/mol. The third-order valence-electron chi connectivity index (χ3n) is 2.05. The Morgan fingerprint density at radius 2 is 2.31 bits per heavy atom. The van der Waals surface area contributed by atoms with E-state index in [0.717, 1.165) is 16.0 Å². The Balaban J connectivity index is 1.98. The quantitative estimate of drug-likeness (QED) is 0.784. The van der Waals surface area contributed by atoms with Gasteiger partial charge in [-0.15, -0.1) is 11.3 Å². The highest BCUT2D eigenvalue weighted by Crippen LogP contribution is 2.23. The molecule has 0 saturated heterocycles. The molecule has 0 bridgehead atoms. The highest BCUT2D eigenvalue weighted by atomic mass is 32.1. The largest absolute Gasteiger partial charge is 0.368 e. The van der Waals surface area contributed by atoms with Crippen LogP contribution in [0.15, 0.2) is 17.8 Å². The zero-order valence-electron chi connectivity index (χ0n) is 8.86. The lowest BCUT2D eigenvalue weighted by atomic mass is 10.4. The number of fused-ring (bicyclic) bond motifs is 1. The number of hydrogen-bond acceptors (Lipinski definition) is 5. The number of carbonyl (C=O) groups is 1. The van der Waals surface area contributed by atoms with Gasteiger partial charge in [-0.2, -0.15) is 0 Å². The van der Waals surface area contributed by atoms with Gasteiger partial charge in [0.25, 0.3) is 0 Å². The highest BCUT2D eigenvalue weighted by Gasteiger charge is 2.03. The molecular weight excluding hydrogens is 224 g/mol. The average Bonchev–Trinajstić information content (AvgIpc) is 2.72. The molecule has 0 spiro atoms. The lowest BCUT2D eigenvalue weighted by Gasteiger charge is -2.06. The Kier molecular flexibility index (Phi) is 3.31. The van der Waals surface area contributed by atoms with E-state index in [0.29, 0.717) is 13.1 Å². The molecule has 2 N–H and O–H groups in total. The molecule has 2 aromatic rings. The van der Waals surface area contributed by atoms with Crippen LogP contribution in [0.4, 0.5) is 5.82 Å². The smallest absolute Gasteiger partial charge is 0.216 e. The summed E-state index contributed by atoms with van der Waals surface area (Å²) in [5.74, 6) is 0.793. The molecule has 1 amide bonds. The van der Waals surface area contributed by atoms with Gasteiger partial charge in [-0.25, -0.2) is 9.97 Å². The summed E-state index contributed by atoms with van der Waals surface area (Å²) in [5.41, 5.74) is 0. The van der Waals surface area contributed by atoms with Crippen molar-refractivity contribution >= 4 is 33.3 Å². The van der Waals surface area contributed by atoms with Crippen molar-refractivity contribution in [2.45, 2.75) is 6.92 Å². The topological polar surface area (TPSA) is 66.9 Å². The first kappa shape index (κ1) is 10.8. The van der Waals surface area contributed by atoms with E-state index in [2.05, 4.69) is 20.6 Å². The summed E-state index contributed by atoms with van der Waals surface area (Å²) in [6.45, 7) is 2.74. The van der Waals surface area contributed by atoms with E-state index in [9.17, 15) is 4.79 Å². The molecule has 0 atom stereocenters. The second-order valence-corrected chi connectivity index (χ2v) is 4.17. The van der Waals surface area contributed by atoms with Crippen molar-refractivity contribution in [2.75, 3.05) is 18.4 Å². The fraction of sp³-hybridized carbons (Fsp3) is 0.300. The second kappa shape index (κ2) is 4.89. The fourth-order valence-electron chi connectivity index (χ4n) is 1.35. The minimum atomic E-state index is -0.0230. The number of carbonyl (C=O) groups excluding carboxylic acids is 1. The van der Waals surface area contributed by atoms with Gasteiger partial charge in [-0.3, -0.25) is 4.79 Å². The van der Waals surface area contributed by atoms with Gasteiger partial charge in [0.15, 0.2) is 0 Å². The van der Waals surface area contributed by atoms with Crippen LogP contribution in [0.2, 0.25) is 0 Å². The first-order chi connectivity index (χ1) is 7.77. The van der Waals surface area contributed by atoms with E-state index in [1.54, 1.807) is 17.7 Å². The number of anilines is 1. The molecular formula is C10H12N4OS. The molecule has 0 fully saturated rings. The Hall–Kier alpha value is -1.69. The van der Waals surface area contributed by atoms with E-state index < -0.39 is 0 Å². The zero-order chi connectivity index (χ0) is 11.4. The number of thiophene rings is 1. The molecule has 84 valence electrons. The Morgan fingerprint density at radius 3 is 3.12 bits per heavy atom. The monoisotopic (exact) mass is 236 g/mol. The van der Waals surface area contributed by atoms with Crippen molar-refractivity contribution in [3.8, 4) is 0 Å². The summed E-state index contributed by atoms with van der Waals surface area (Å²) < 4.78 is 0. The van der Waals surface area contributed by atoms with Crippen LogP contribution in [-0.4, -0.2) is 29.0 Å². The Bertz CT molecular complexity index is 496. The average molecular weight is 236 g/mol. The predicted octanol–water partition coefficient (Wildman–Crippen LogP) is 1.24. The SMILES string of the molecule is CC(=O)NCCNc1ncnc2sccc12. The third-order valence-corrected chi connectivity index (χ3v) is 2.87. The Morgan fingerprint density at radius 1 is 1.44 bits per heavy atom. The maximum absolute atomic E-state index is 10.7. The van der Waals surface area contributed by atoms with Crippen molar-refractivity contribution in [3.63, 3.8) is 0 Å². The molecule has 0 aliphatic carbocycles. The summed E-state index contributed by atoms with van der Waals surface area (Å²) in [5, 5.41) is 8.89. The van der Waals surface area contributed by atoms with Crippen molar-refractivity contribution in [3.05, 3.63) is 17.8 Å². The highest BCUT2D eigenvalue weighted by molar-refractivity contribution is 7.16. The number of rotatable bonds is 4. The molecule has 0 unspecified atom stereocenters. The molecule has 6 heteroatoms. The lowest BCUT2D eigenvalue weighted by Crippen LogP contribution is -2.26. The summed E-state index contributed by atoms with van der Waals surface area (Å²) in [6.07, 6.45) is 1.54. The molecule has 0 aliphatic rings. The lowest BCUT2D eigenvalue weighted by molar-refractivity contribution is -0.118. The number of nitrogens with zero attached hydrogens (tertiary/aromatic N) is 2. The molecule has 0 aliphatic heterocycles. The van der Waals surface area contributed by atoms with Gasteiger partial charge in [-0.1, -0.05) is 0 Å². The van der Waals surface area contributed by atoms with Crippen LogP contribution in [0.25, 0.3) is 10.2 Å². The zero-order valence-corrected chi connectivity index (χ0v) is 9.67. The summed E-state index contributed by atoms with van der Waals surface area (Å²) in [4.78, 5) is 20.0. The molecule has 0 radical (unpaired) electrons. The van der Waals surface area contributed by atoms with E-state index in [1.807, 2.05) is 11.4 Å². The van der Waals surface area contributed by atoms with Gasteiger partial charge in [0.2, 0.25) is 5.91 Å². The van der Waals surface area contributed by atoms with Crippen molar-refractivity contribution in [2.24, 2.45) is 0 Å². The number of aromatic nitrogens is 2. The first-order valence-corrected chi connectivity index (χ1v) is 5.82. The molecule has 0 aromatic carbocycles.